The summed E-state index contributed by atoms with van der Waals surface area (Å²) < 4.78 is 41.0. The third-order valence-corrected chi connectivity index (χ3v) is 5.19. The Hall–Kier alpha value is -2.20. The van der Waals surface area contributed by atoms with Crippen molar-refractivity contribution in [2.24, 2.45) is 5.92 Å². The number of carbonyl (C=O) groups excluding carboxylic acids is 2. The average molecular weight is 431 g/mol. The molecule has 1 aromatic rings. The topological polar surface area (TPSA) is 70.7 Å². The molecule has 1 saturated heterocycles. The molecule has 29 heavy (non-hydrogen) atoms. The van der Waals surface area contributed by atoms with Crippen molar-refractivity contribution in [3.05, 3.63) is 35.1 Å². The van der Waals surface area contributed by atoms with Crippen molar-refractivity contribution in [3.8, 4) is 0 Å². The number of thiocarbonyl (C=S) groups is 1. The Morgan fingerprint density at radius 2 is 2.00 bits per heavy atom. The molecule has 1 aromatic carbocycles. The fourth-order valence-corrected chi connectivity index (χ4v) is 3.61. The Morgan fingerprint density at radius 1 is 1.31 bits per heavy atom. The summed E-state index contributed by atoms with van der Waals surface area (Å²) in [6.07, 6.45) is 1.05. The molecule has 0 radical (unpaired) electrons. The quantitative estimate of drug-likeness (QED) is 0.376. The van der Waals surface area contributed by atoms with E-state index in [4.69, 9.17) is 12.2 Å². The molecule has 0 aliphatic carbocycles. The second-order valence-electron chi connectivity index (χ2n) is 7.24. The molecule has 2 rings (SSSR count). The van der Waals surface area contributed by atoms with Crippen LogP contribution in [0, 0.1) is 23.4 Å². The van der Waals surface area contributed by atoms with Crippen LogP contribution in [0.5, 0.6) is 0 Å². The van der Waals surface area contributed by atoms with E-state index in [9.17, 15) is 22.8 Å². The van der Waals surface area contributed by atoms with Gasteiger partial charge in [-0.2, -0.15) is 0 Å². The first-order valence-electron chi connectivity index (χ1n) is 9.19. The molecule has 10 heteroatoms. The van der Waals surface area contributed by atoms with Crippen molar-refractivity contribution in [3.63, 3.8) is 0 Å². The van der Waals surface area contributed by atoms with Crippen LogP contribution in [-0.4, -0.2) is 40.9 Å². The van der Waals surface area contributed by atoms with Crippen molar-refractivity contribution >= 4 is 29.0 Å². The number of likely N-dealkylation sites (tertiary alicyclic amines) is 1. The summed E-state index contributed by atoms with van der Waals surface area (Å²) in [6.45, 7) is 3.41. The first-order valence-corrected chi connectivity index (χ1v) is 9.60. The van der Waals surface area contributed by atoms with Gasteiger partial charge in [-0.05, 0) is 24.8 Å². The fourth-order valence-electron chi connectivity index (χ4n) is 3.28. The number of benzene rings is 1. The number of nitrogens with zero attached hydrogens (tertiary/aromatic N) is 1. The largest absolute Gasteiger partial charge is 0.358 e. The van der Waals surface area contributed by atoms with Crippen molar-refractivity contribution in [2.45, 2.75) is 51.7 Å². The molecule has 0 unspecified atom stereocenters. The summed E-state index contributed by atoms with van der Waals surface area (Å²) in [5.74, 6) is -4.35. The zero-order chi connectivity index (χ0) is 21.7. The van der Waals surface area contributed by atoms with Crippen LogP contribution in [0.2, 0.25) is 0 Å². The fraction of sp³-hybridized carbons (Fsp3) is 0.526. The number of halogens is 3. The van der Waals surface area contributed by atoms with E-state index in [1.54, 1.807) is 18.7 Å². The van der Waals surface area contributed by atoms with Gasteiger partial charge in [0.05, 0.1) is 12.1 Å². The van der Waals surface area contributed by atoms with Gasteiger partial charge in [0.1, 0.15) is 11.9 Å². The maximum absolute atomic E-state index is 14.0. The minimum absolute atomic E-state index is 0.00301. The lowest BCUT2D eigenvalue weighted by Gasteiger charge is -2.28. The Balaban J connectivity index is 2.08. The third-order valence-electron chi connectivity index (χ3n) is 4.75. The first-order chi connectivity index (χ1) is 13.6. The SMILES string of the molecule is CONC(=O)[C@@H](NC(=O)C[C@@H]1CCC(=S)N1Cc1cc(F)cc(F)c1F)C(C)C. The summed E-state index contributed by atoms with van der Waals surface area (Å²) in [6, 6.07) is 0.231. The minimum Gasteiger partial charge on any atom is -0.358 e. The number of hydrogen-bond acceptors (Lipinski definition) is 4. The summed E-state index contributed by atoms with van der Waals surface area (Å²) in [4.78, 5) is 31.2. The smallest absolute Gasteiger partial charge is 0.266 e. The predicted molar refractivity (Wildman–Crippen MR) is 104 cm³/mol. The summed E-state index contributed by atoms with van der Waals surface area (Å²) in [5.41, 5.74) is 2.02. The number of carbonyl (C=O) groups is 2. The van der Waals surface area contributed by atoms with Crippen molar-refractivity contribution < 1.29 is 27.6 Å². The van der Waals surface area contributed by atoms with E-state index in [2.05, 4.69) is 15.6 Å². The number of hydrogen-bond donors (Lipinski definition) is 2. The highest BCUT2D eigenvalue weighted by atomic mass is 32.1. The van der Waals surface area contributed by atoms with E-state index in [0.29, 0.717) is 23.9 Å². The van der Waals surface area contributed by atoms with E-state index in [-0.39, 0.29) is 36.4 Å². The zero-order valence-corrected chi connectivity index (χ0v) is 17.2. The molecule has 1 heterocycles. The first kappa shape index (κ1) is 23.1. The number of nitrogens with one attached hydrogen (secondary N) is 2. The van der Waals surface area contributed by atoms with Gasteiger partial charge in [0.15, 0.2) is 11.6 Å². The molecule has 0 bridgehead atoms. The maximum atomic E-state index is 14.0. The van der Waals surface area contributed by atoms with Crippen LogP contribution < -0.4 is 10.8 Å². The molecule has 6 nitrogen and oxygen atoms in total. The van der Waals surface area contributed by atoms with Crippen LogP contribution >= 0.6 is 12.2 Å². The van der Waals surface area contributed by atoms with Gasteiger partial charge in [0, 0.05) is 30.6 Å². The highest BCUT2D eigenvalue weighted by Gasteiger charge is 2.32. The van der Waals surface area contributed by atoms with Gasteiger partial charge in [-0.25, -0.2) is 18.7 Å². The number of amides is 2. The van der Waals surface area contributed by atoms with Crippen LogP contribution in [0.4, 0.5) is 13.2 Å². The minimum atomic E-state index is -1.27. The van der Waals surface area contributed by atoms with E-state index < -0.39 is 29.4 Å². The van der Waals surface area contributed by atoms with Gasteiger partial charge >= 0.3 is 0 Å². The number of rotatable bonds is 8. The van der Waals surface area contributed by atoms with Gasteiger partial charge in [-0.3, -0.25) is 14.4 Å². The summed E-state index contributed by atoms with van der Waals surface area (Å²) in [7, 11) is 1.29. The van der Waals surface area contributed by atoms with E-state index >= 15 is 0 Å². The van der Waals surface area contributed by atoms with Crippen LogP contribution in [0.15, 0.2) is 12.1 Å². The predicted octanol–water partition coefficient (Wildman–Crippen LogP) is 2.60. The Bertz CT molecular complexity index is 791. The van der Waals surface area contributed by atoms with Gasteiger partial charge < -0.3 is 10.2 Å². The highest BCUT2D eigenvalue weighted by Crippen LogP contribution is 2.27. The van der Waals surface area contributed by atoms with Crippen LogP contribution in [0.1, 0.15) is 38.7 Å². The molecule has 2 N–H and O–H groups in total. The van der Waals surface area contributed by atoms with Gasteiger partial charge in [-0.1, -0.05) is 26.1 Å². The molecule has 2 atom stereocenters. The standard InChI is InChI=1S/C19H24F3N3O3S/c1-10(2)18(19(27)24-28-3)23-15(26)8-13-4-5-16(29)25(13)9-11-6-12(20)7-14(21)17(11)22/h6-7,10,13,18H,4-5,8-9H2,1-3H3,(H,23,26)(H,24,27)/t13-,18-/m0/s1. The second kappa shape index (κ2) is 10.0. The Kier molecular flexibility index (Phi) is 7.97. The van der Waals surface area contributed by atoms with Crippen LogP contribution in [0.25, 0.3) is 0 Å². The van der Waals surface area contributed by atoms with Crippen LogP contribution in [-0.2, 0) is 21.0 Å². The molecule has 1 aliphatic rings. The lowest BCUT2D eigenvalue weighted by molar-refractivity contribution is -0.137. The molecule has 160 valence electrons. The lowest BCUT2D eigenvalue weighted by Crippen LogP contribution is -2.50. The number of hydroxylamine groups is 1. The lowest BCUT2D eigenvalue weighted by atomic mass is 10.0. The molecule has 0 saturated carbocycles. The van der Waals surface area contributed by atoms with E-state index in [1.165, 1.54) is 7.11 Å². The highest BCUT2D eigenvalue weighted by molar-refractivity contribution is 7.80. The van der Waals surface area contributed by atoms with Gasteiger partial charge in [-0.15, -0.1) is 0 Å². The Morgan fingerprint density at radius 3 is 2.62 bits per heavy atom. The second-order valence-corrected chi connectivity index (χ2v) is 7.71. The molecular formula is C19H24F3N3O3S. The molecule has 1 aliphatic heterocycles. The Labute approximate surface area is 172 Å². The zero-order valence-electron chi connectivity index (χ0n) is 16.4. The molecule has 2 amide bonds. The third kappa shape index (κ3) is 5.89. The molecular weight excluding hydrogens is 407 g/mol. The van der Waals surface area contributed by atoms with Gasteiger partial charge in [0.2, 0.25) is 5.91 Å². The monoisotopic (exact) mass is 431 g/mol. The normalized spacial score (nSPS) is 17.6. The van der Waals surface area contributed by atoms with Crippen molar-refractivity contribution in [1.82, 2.24) is 15.7 Å². The van der Waals surface area contributed by atoms with E-state index in [1.807, 2.05) is 0 Å². The van der Waals surface area contributed by atoms with Crippen LogP contribution in [0.3, 0.4) is 0 Å². The molecule has 0 aromatic heterocycles. The summed E-state index contributed by atoms with van der Waals surface area (Å²) >= 11 is 5.29. The van der Waals surface area contributed by atoms with Crippen molar-refractivity contribution in [1.29, 1.82) is 0 Å². The maximum Gasteiger partial charge on any atom is 0.266 e. The van der Waals surface area contributed by atoms with E-state index in [0.717, 1.165) is 6.07 Å². The average Bonchev–Trinajstić information content (AvgIpc) is 2.97. The van der Waals surface area contributed by atoms with Crippen molar-refractivity contribution in [2.75, 3.05) is 7.11 Å². The molecule has 1 fully saturated rings. The van der Waals surface area contributed by atoms with Gasteiger partial charge in [0.25, 0.3) is 5.91 Å². The molecule has 0 spiro atoms. The summed E-state index contributed by atoms with van der Waals surface area (Å²) in [5, 5.41) is 2.66.